The zero-order valence-corrected chi connectivity index (χ0v) is 13.4. The molecule has 2 aromatic rings. The van der Waals surface area contributed by atoms with E-state index in [9.17, 15) is 10.2 Å². The topological polar surface area (TPSA) is 78.7 Å². The van der Waals surface area contributed by atoms with Gasteiger partial charge in [0.05, 0.1) is 25.0 Å². The number of morpholine rings is 1. The molecule has 2 heterocycles. The fraction of sp³-hybridized carbons (Fsp3) is 0.412. The standard InChI is InChI=1S/C17H21N3O3/c1-11-3-4-14(16(22)7-11)15-8-12(2)17(19-18-15)20-5-6-23-13(9-20)10-21/h3-4,7-8,13,21-22H,5-6,9-10H2,1-2H3/t13-/m0/s1. The molecule has 2 N–H and O–H groups in total. The van der Waals surface area contributed by atoms with Crippen LogP contribution >= 0.6 is 0 Å². The molecule has 0 bridgehead atoms. The number of aromatic nitrogens is 2. The fourth-order valence-electron chi connectivity index (χ4n) is 2.80. The molecule has 1 aromatic heterocycles. The Morgan fingerprint density at radius 3 is 2.78 bits per heavy atom. The minimum atomic E-state index is -0.189. The SMILES string of the molecule is Cc1ccc(-c2cc(C)c(N3CCO[C@H](CO)C3)nn2)c(O)c1. The first kappa shape index (κ1) is 15.7. The van der Waals surface area contributed by atoms with E-state index in [2.05, 4.69) is 15.1 Å². The highest BCUT2D eigenvalue weighted by Crippen LogP contribution is 2.30. The Bertz CT molecular complexity index is 705. The van der Waals surface area contributed by atoms with Crippen molar-refractivity contribution in [2.45, 2.75) is 20.0 Å². The van der Waals surface area contributed by atoms with Crippen molar-refractivity contribution in [2.75, 3.05) is 31.2 Å². The van der Waals surface area contributed by atoms with Crippen molar-refractivity contribution in [1.29, 1.82) is 0 Å². The minimum absolute atomic E-state index is 0.00169. The molecular formula is C17H21N3O3. The molecule has 6 nitrogen and oxygen atoms in total. The van der Waals surface area contributed by atoms with Crippen molar-refractivity contribution in [3.63, 3.8) is 0 Å². The van der Waals surface area contributed by atoms with Crippen LogP contribution < -0.4 is 4.90 Å². The molecule has 0 aliphatic carbocycles. The van der Waals surface area contributed by atoms with Crippen LogP contribution in [0.2, 0.25) is 0 Å². The first-order valence-electron chi connectivity index (χ1n) is 7.70. The number of rotatable bonds is 3. The number of hydrogen-bond acceptors (Lipinski definition) is 6. The summed E-state index contributed by atoms with van der Waals surface area (Å²) >= 11 is 0. The second-order valence-corrected chi connectivity index (χ2v) is 5.88. The van der Waals surface area contributed by atoms with Crippen molar-refractivity contribution in [3.05, 3.63) is 35.4 Å². The van der Waals surface area contributed by atoms with E-state index >= 15 is 0 Å². The van der Waals surface area contributed by atoms with Crippen LogP contribution in [0.1, 0.15) is 11.1 Å². The number of anilines is 1. The Morgan fingerprint density at radius 1 is 1.26 bits per heavy atom. The van der Waals surface area contributed by atoms with Crippen LogP contribution in [0.15, 0.2) is 24.3 Å². The number of hydrogen-bond donors (Lipinski definition) is 2. The summed E-state index contributed by atoms with van der Waals surface area (Å²) in [6.45, 7) is 5.79. The van der Waals surface area contributed by atoms with Crippen LogP contribution in [0.5, 0.6) is 5.75 Å². The van der Waals surface area contributed by atoms with Gasteiger partial charge in [-0.15, -0.1) is 10.2 Å². The summed E-state index contributed by atoms with van der Waals surface area (Å²) in [4.78, 5) is 2.07. The smallest absolute Gasteiger partial charge is 0.154 e. The normalized spacial score (nSPS) is 18.2. The predicted octanol–water partition coefficient (Wildman–Crippen LogP) is 1.66. The molecule has 23 heavy (non-hydrogen) atoms. The average molecular weight is 315 g/mol. The van der Waals surface area contributed by atoms with Gasteiger partial charge in [0, 0.05) is 18.7 Å². The maximum absolute atomic E-state index is 10.1. The van der Waals surface area contributed by atoms with E-state index in [0.29, 0.717) is 24.4 Å². The number of aliphatic hydroxyl groups excluding tert-OH is 1. The zero-order valence-electron chi connectivity index (χ0n) is 13.4. The molecule has 122 valence electrons. The van der Waals surface area contributed by atoms with Gasteiger partial charge in [0.2, 0.25) is 0 Å². The zero-order chi connectivity index (χ0) is 16.4. The first-order chi connectivity index (χ1) is 11.1. The van der Waals surface area contributed by atoms with Gasteiger partial charge in [0.1, 0.15) is 5.75 Å². The van der Waals surface area contributed by atoms with E-state index in [4.69, 9.17) is 4.74 Å². The average Bonchev–Trinajstić information content (AvgIpc) is 2.55. The molecule has 0 saturated carbocycles. The van der Waals surface area contributed by atoms with Gasteiger partial charge in [-0.05, 0) is 43.2 Å². The van der Waals surface area contributed by atoms with Gasteiger partial charge in [0.25, 0.3) is 0 Å². The summed E-state index contributed by atoms with van der Waals surface area (Å²) in [6.07, 6.45) is -0.189. The number of phenols is 1. The van der Waals surface area contributed by atoms with Crippen LogP contribution in [-0.2, 0) is 4.74 Å². The Morgan fingerprint density at radius 2 is 2.09 bits per heavy atom. The van der Waals surface area contributed by atoms with Crippen molar-refractivity contribution in [3.8, 4) is 17.0 Å². The van der Waals surface area contributed by atoms with Gasteiger partial charge in [-0.3, -0.25) is 0 Å². The molecule has 1 aliphatic heterocycles. The monoisotopic (exact) mass is 315 g/mol. The maximum atomic E-state index is 10.1. The Kier molecular flexibility index (Phi) is 4.45. The summed E-state index contributed by atoms with van der Waals surface area (Å²) in [6, 6.07) is 7.43. The summed E-state index contributed by atoms with van der Waals surface area (Å²) in [7, 11) is 0. The molecular weight excluding hydrogens is 294 g/mol. The largest absolute Gasteiger partial charge is 0.507 e. The van der Waals surface area contributed by atoms with Crippen LogP contribution in [0, 0.1) is 13.8 Å². The summed E-state index contributed by atoms with van der Waals surface area (Å²) < 4.78 is 5.47. The molecule has 1 aliphatic rings. The highest BCUT2D eigenvalue weighted by atomic mass is 16.5. The molecule has 1 aromatic carbocycles. The van der Waals surface area contributed by atoms with Crippen molar-refractivity contribution in [1.82, 2.24) is 10.2 Å². The van der Waals surface area contributed by atoms with Gasteiger partial charge < -0.3 is 19.8 Å². The lowest BCUT2D eigenvalue weighted by Gasteiger charge is -2.33. The molecule has 0 radical (unpaired) electrons. The van der Waals surface area contributed by atoms with Crippen molar-refractivity contribution >= 4 is 5.82 Å². The van der Waals surface area contributed by atoms with Gasteiger partial charge in [-0.2, -0.15) is 0 Å². The van der Waals surface area contributed by atoms with E-state index in [1.54, 1.807) is 6.07 Å². The summed E-state index contributed by atoms with van der Waals surface area (Å²) in [5.74, 6) is 1.00. The lowest BCUT2D eigenvalue weighted by molar-refractivity contribution is 0.00329. The van der Waals surface area contributed by atoms with Crippen LogP contribution in [0.25, 0.3) is 11.3 Å². The summed E-state index contributed by atoms with van der Waals surface area (Å²) in [5, 5.41) is 28.0. The maximum Gasteiger partial charge on any atom is 0.154 e. The third-order valence-electron chi connectivity index (χ3n) is 4.03. The number of ether oxygens (including phenoxy) is 1. The third-order valence-corrected chi connectivity index (χ3v) is 4.03. The van der Waals surface area contributed by atoms with Gasteiger partial charge in [-0.25, -0.2) is 0 Å². The van der Waals surface area contributed by atoms with E-state index in [-0.39, 0.29) is 18.5 Å². The third kappa shape index (κ3) is 3.28. The number of nitrogens with zero attached hydrogens (tertiary/aromatic N) is 3. The molecule has 1 saturated heterocycles. The molecule has 1 atom stereocenters. The van der Waals surface area contributed by atoms with Crippen molar-refractivity contribution < 1.29 is 14.9 Å². The Hall–Kier alpha value is -2.18. The molecule has 0 amide bonds. The highest BCUT2D eigenvalue weighted by Gasteiger charge is 2.22. The number of aromatic hydroxyl groups is 1. The lowest BCUT2D eigenvalue weighted by Crippen LogP contribution is -2.44. The second-order valence-electron chi connectivity index (χ2n) is 5.88. The Labute approximate surface area is 135 Å². The molecule has 0 spiro atoms. The molecule has 1 fully saturated rings. The second kappa shape index (κ2) is 6.52. The predicted molar refractivity (Wildman–Crippen MR) is 87.6 cm³/mol. The number of phenolic OH excluding ortho intramolecular Hbond substituents is 1. The van der Waals surface area contributed by atoms with Crippen LogP contribution in [-0.4, -0.2) is 52.8 Å². The van der Waals surface area contributed by atoms with E-state index in [0.717, 1.165) is 23.5 Å². The minimum Gasteiger partial charge on any atom is -0.507 e. The first-order valence-corrected chi connectivity index (χ1v) is 7.70. The fourth-order valence-corrected chi connectivity index (χ4v) is 2.80. The summed E-state index contributed by atoms with van der Waals surface area (Å²) in [5.41, 5.74) is 3.30. The number of aliphatic hydroxyl groups is 1. The Balaban J connectivity index is 1.88. The number of aryl methyl sites for hydroxylation is 2. The highest BCUT2D eigenvalue weighted by molar-refractivity contribution is 5.68. The van der Waals surface area contributed by atoms with Crippen LogP contribution in [0.4, 0.5) is 5.82 Å². The van der Waals surface area contributed by atoms with Gasteiger partial charge in [0.15, 0.2) is 5.82 Å². The molecule has 6 heteroatoms. The number of benzene rings is 1. The quantitative estimate of drug-likeness (QED) is 0.897. The molecule has 0 unspecified atom stereocenters. The van der Waals surface area contributed by atoms with Crippen LogP contribution in [0.3, 0.4) is 0 Å². The van der Waals surface area contributed by atoms with E-state index in [1.165, 1.54) is 0 Å². The van der Waals surface area contributed by atoms with Crippen molar-refractivity contribution in [2.24, 2.45) is 0 Å². The van der Waals surface area contributed by atoms with Gasteiger partial charge in [-0.1, -0.05) is 6.07 Å². The van der Waals surface area contributed by atoms with E-state index < -0.39 is 0 Å². The van der Waals surface area contributed by atoms with Gasteiger partial charge >= 0.3 is 0 Å². The van der Waals surface area contributed by atoms with E-state index in [1.807, 2.05) is 32.0 Å². The molecule has 3 rings (SSSR count). The lowest BCUT2D eigenvalue weighted by atomic mass is 10.1.